The quantitative estimate of drug-likeness (QED) is 0.815. The van der Waals surface area contributed by atoms with Crippen molar-refractivity contribution in [3.63, 3.8) is 0 Å². The third kappa shape index (κ3) is 4.14. The van der Waals surface area contributed by atoms with Crippen LogP contribution < -0.4 is 5.32 Å². The molecule has 1 aliphatic rings. The SMILES string of the molecule is CC(NC(=O)CCC(=O)c1cccs1)C1CCCO1. The Morgan fingerprint density at radius 3 is 3.00 bits per heavy atom. The molecule has 4 nitrogen and oxygen atoms in total. The van der Waals surface area contributed by atoms with Gasteiger partial charge in [0, 0.05) is 19.4 Å². The van der Waals surface area contributed by atoms with Crippen LogP contribution in [0.15, 0.2) is 17.5 Å². The van der Waals surface area contributed by atoms with Gasteiger partial charge in [-0.2, -0.15) is 0 Å². The Morgan fingerprint density at radius 1 is 1.53 bits per heavy atom. The second kappa shape index (κ2) is 6.82. The van der Waals surface area contributed by atoms with Gasteiger partial charge in [0.1, 0.15) is 0 Å². The summed E-state index contributed by atoms with van der Waals surface area (Å²) in [6.45, 7) is 2.73. The summed E-state index contributed by atoms with van der Waals surface area (Å²) in [7, 11) is 0. The molecule has 1 amide bonds. The first-order valence-electron chi connectivity index (χ1n) is 6.64. The lowest BCUT2D eigenvalue weighted by molar-refractivity contribution is -0.122. The van der Waals surface area contributed by atoms with Crippen LogP contribution in [0.25, 0.3) is 0 Å². The van der Waals surface area contributed by atoms with Crippen molar-refractivity contribution in [2.75, 3.05) is 6.61 Å². The van der Waals surface area contributed by atoms with Gasteiger partial charge in [-0.25, -0.2) is 0 Å². The highest BCUT2D eigenvalue weighted by atomic mass is 32.1. The number of ether oxygens (including phenoxy) is 1. The van der Waals surface area contributed by atoms with E-state index in [4.69, 9.17) is 4.74 Å². The zero-order valence-corrected chi connectivity index (χ0v) is 11.9. The molecule has 19 heavy (non-hydrogen) atoms. The molecule has 2 heterocycles. The van der Waals surface area contributed by atoms with E-state index in [1.807, 2.05) is 18.4 Å². The minimum atomic E-state index is -0.0760. The molecule has 5 heteroatoms. The van der Waals surface area contributed by atoms with Crippen LogP contribution >= 0.6 is 11.3 Å². The van der Waals surface area contributed by atoms with Gasteiger partial charge in [-0.3, -0.25) is 9.59 Å². The average Bonchev–Trinajstić information content (AvgIpc) is 3.07. The number of hydrogen-bond donors (Lipinski definition) is 1. The summed E-state index contributed by atoms with van der Waals surface area (Å²) >= 11 is 1.42. The molecule has 2 atom stereocenters. The molecule has 1 saturated heterocycles. The molecule has 0 saturated carbocycles. The van der Waals surface area contributed by atoms with Crippen molar-refractivity contribution in [3.8, 4) is 0 Å². The van der Waals surface area contributed by atoms with E-state index < -0.39 is 0 Å². The van der Waals surface area contributed by atoms with Gasteiger partial charge < -0.3 is 10.1 Å². The van der Waals surface area contributed by atoms with Crippen LogP contribution in [0.3, 0.4) is 0 Å². The number of carbonyl (C=O) groups excluding carboxylic acids is 2. The summed E-state index contributed by atoms with van der Waals surface area (Å²) in [6.07, 6.45) is 2.69. The lowest BCUT2D eigenvalue weighted by Gasteiger charge is -2.19. The van der Waals surface area contributed by atoms with E-state index >= 15 is 0 Å². The van der Waals surface area contributed by atoms with E-state index in [2.05, 4.69) is 5.32 Å². The van der Waals surface area contributed by atoms with Crippen LogP contribution in [0.4, 0.5) is 0 Å². The number of carbonyl (C=O) groups is 2. The van der Waals surface area contributed by atoms with Gasteiger partial charge in [-0.1, -0.05) is 6.07 Å². The molecular weight excluding hydrogens is 262 g/mol. The Kier molecular flexibility index (Phi) is 5.10. The first kappa shape index (κ1) is 14.2. The van der Waals surface area contributed by atoms with Crippen molar-refractivity contribution >= 4 is 23.0 Å². The maximum Gasteiger partial charge on any atom is 0.220 e. The van der Waals surface area contributed by atoms with Crippen LogP contribution in [0.1, 0.15) is 42.3 Å². The topological polar surface area (TPSA) is 55.4 Å². The van der Waals surface area contributed by atoms with Crippen molar-refractivity contribution in [1.82, 2.24) is 5.32 Å². The van der Waals surface area contributed by atoms with Gasteiger partial charge in [0.15, 0.2) is 5.78 Å². The van der Waals surface area contributed by atoms with Gasteiger partial charge >= 0.3 is 0 Å². The Balaban J connectivity index is 1.71. The van der Waals surface area contributed by atoms with Crippen molar-refractivity contribution in [2.24, 2.45) is 0 Å². The van der Waals surface area contributed by atoms with E-state index in [1.54, 1.807) is 6.07 Å². The summed E-state index contributed by atoms with van der Waals surface area (Å²) < 4.78 is 5.52. The lowest BCUT2D eigenvalue weighted by Crippen LogP contribution is -2.40. The van der Waals surface area contributed by atoms with Gasteiger partial charge in [-0.15, -0.1) is 11.3 Å². The molecule has 1 fully saturated rings. The van der Waals surface area contributed by atoms with Crippen molar-refractivity contribution in [2.45, 2.75) is 44.8 Å². The zero-order chi connectivity index (χ0) is 13.7. The summed E-state index contributed by atoms with van der Waals surface area (Å²) in [5.74, 6) is -0.0391. The fourth-order valence-electron chi connectivity index (χ4n) is 2.20. The monoisotopic (exact) mass is 281 g/mol. The third-order valence-electron chi connectivity index (χ3n) is 3.29. The smallest absolute Gasteiger partial charge is 0.220 e. The van der Waals surface area contributed by atoms with Gasteiger partial charge in [0.05, 0.1) is 17.0 Å². The number of ketones is 1. The molecule has 0 aliphatic carbocycles. The number of hydrogen-bond acceptors (Lipinski definition) is 4. The van der Waals surface area contributed by atoms with Gasteiger partial charge in [0.25, 0.3) is 0 Å². The fourth-order valence-corrected chi connectivity index (χ4v) is 2.90. The molecule has 0 spiro atoms. The normalized spacial score (nSPS) is 20.2. The predicted molar refractivity (Wildman–Crippen MR) is 74.5 cm³/mol. The Morgan fingerprint density at radius 2 is 2.37 bits per heavy atom. The van der Waals surface area contributed by atoms with Gasteiger partial charge in [0.2, 0.25) is 5.91 Å². The van der Waals surface area contributed by atoms with E-state index in [1.165, 1.54) is 11.3 Å². The molecule has 0 radical (unpaired) electrons. The molecule has 1 aromatic heterocycles. The highest BCUT2D eigenvalue weighted by molar-refractivity contribution is 7.12. The highest BCUT2D eigenvalue weighted by Crippen LogP contribution is 2.16. The Bertz CT molecular complexity index is 424. The molecular formula is C14H19NO3S. The predicted octanol–water partition coefficient (Wildman–Crippen LogP) is 2.39. The summed E-state index contributed by atoms with van der Waals surface area (Å²) in [6, 6.07) is 3.66. The molecule has 2 rings (SSSR count). The van der Waals surface area contributed by atoms with Gasteiger partial charge in [-0.05, 0) is 31.2 Å². The van der Waals surface area contributed by atoms with Crippen molar-refractivity contribution < 1.29 is 14.3 Å². The van der Waals surface area contributed by atoms with E-state index in [-0.39, 0.29) is 36.7 Å². The molecule has 2 unspecified atom stereocenters. The first-order valence-corrected chi connectivity index (χ1v) is 7.52. The number of rotatable bonds is 6. The summed E-state index contributed by atoms with van der Waals surface area (Å²) in [5, 5.41) is 4.78. The summed E-state index contributed by atoms with van der Waals surface area (Å²) in [5.41, 5.74) is 0. The minimum absolute atomic E-state index is 0.0202. The Hall–Kier alpha value is -1.20. The maximum absolute atomic E-state index is 11.8. The molecule has 104 valence electrons. The number of thiophene rings is 1. The first-order chi connectivity index (χ1) is 9.16. The third-order valence-corrected chi connectivity index (χ3v) is 4.20. The average molecular weight is 281 g/mol. The molecule has 1 aromatic rings. The van der Waals surface area contributed by atoms with E-state index in [0.717, 1.165) is 24.3 Å². The minimum Gasteiger partial charge on any atom is -0.376 e. The molecule has 1 N–H and O–H groups in total. The van der Waals surface area contributed by atoms with Crippen LogP contribution in [0, 0.1) is 0 Å². The number of nitrogens with one attached hydrogen (secondary N) is 1. The second-order valence-corrected chi connectivity index (χ2v) is 5.76. The van der Waals surface area contributed by atoms with Crippen LogP contribution in [-0.2, 0) is 9.53 Å². The zero-order valence-electron chi connectivity index (χ0n) is 11.1. The molecule has 0 bridgehead atoms. The number of amides is 1. The molecule has 1 aliphatic heterocycles. The van der Waals surface area contributed by atoms with E-state index in [9.17, 15) is 9.59 Å². The van der Waals surface area contributed by atoms with E-state index in [0.29, 0.717) is 0 Å². The van der Waals surface area contributed by atoms with Crippen molar-refractivity contribution in [3.05, 3.63) is 22.4 Å². The maximum atomic E-state index is 11.8. The standard InChI is InChI=1S/C14H19NO3S/c1-10(12-4-2-8-18-12)15-14(17)7-6-11(16)13-5-3-9-19-13/h3,5,9-10,12H,2,4,6-8H2,1H3,(H,15,17). The van der Waals surface area contributed by atoms with Crippen LogP contribution in [-0.4, -0.2) is 30.4 Å². The summed E-state index contributed by atoms with van der Waals surface area (Å²) in [4.78, 5) is 24.2. The molecule has 0 aromatic carbocycles. The highest BCUT2D eigenvalue weighted by Gasteiger charge is 2.23. The largest absolute Gasteiger partial charge is 0.376 e. The Labute approximate surface area is 117 Å². The van der Waals surface area contributed by atoms with Crippen molar-refractivity contribution in [1.29, 1.82) is 0 Å². The van der Waals surface area contributed by atoms with Crippen LogP contribution in [0.5, 0.6) is 0 Å². The fraction of sp³-hybridized carbons (Fsp3) is 0.571. The number of Topliss-reactive ketones (excluding diaryl/α,β-unsaturated/α-hetero) is 1. The lowest BCUT2D eigenvalue weighted by atomic mass is 10.1. The second-order valence-electron chi connectivity index (χ2n) is 4.81. The van der Waals surface area contributed by atoms with Crippen LogP contribution in [0.2, 0.25) is 0 Å².